The summed E-state index contributed by atoms with van der Waals surface area (Å²) in [5, 5.41) is 11.5. The number of amides is 2. The van der Waals surface area contributed by atoms with Gasteiger partial charge in [0.15, 0.2) is 0 Å². The number of nitrogens with zero attached hydrogens (tertiary/aromatic N) is 1. The van der Waals surface area contributed by atoms with Crippen molar-refractivity contribution < 1.29 is 24.2 Å². The molecule has 7 nitrogen and oxygen atoms in total. The highest BCUT2D eigenvalue weighted by molar-refractivity contribution is 5.87. The number of rotatable bonds is 5. The summed E-state index contributed by atoms with van der Waals surface area (Å²) in [5.41, 5.74) is -0.725. The highest BCUT2D eigenvalue weighted by Crippen LogP contribution is 2.20. The minimum absolute atomic E-state index is 0.159. The predicted octanol–water partition coefficient (Wildman–Crippen LogP) is 2.15. The summed E-state index contributed by atoms with van der Waals surface area (Å²) < 4.78 is 5.05. The summed E-state index contributed by atoms with van der Waals surface area (Å²) in [6, 6.07) is -1.12. The van der Waals surface area contributed by atoms with Crippen LogP contribution in [-0.2, 0) is 14.3 Å². The van der Waals surface area contributed by atoms with Gasteiger partial charge in [0.2, 0.25) is 5.91 Å². The van der Waals surface area contributed by atoms with E-state index in [2.05, 4.69) is 5.32 Å². The van der Waals surface area contributed by atoms with Gasteiger partial charge in [-0.3, -0.25) is 4.79 Å². The first-order valence-electron chi connectivity index (χ1n) is 8.16. The van der Waals surface area contributed by atoms with Crippen LogP contribution in [0.1, 0.15) is 59.8 Å². The third-order valence-corrected chi connectivity index (χ3v) is 3.79. The molecule has 23 heavy (non-hydrogen) atoms. The zero-order valence-electron chi connectivity index (χ0n) is 14.4. The molecule has 0 aromatic rings. The fourth-order valence-electron chi connectivity index (χ4n) is 2.70. The van der Waals surface area contributed by atoms with Crippen LogP contribution >= 0.6 is 0 Å². The molecule has 2 unspecified atom stereocenters. The van der Waals surface area contributed by atoms with E-state index in [0.29, 0.717) is 6.54 Å². The standard InChI is InChI=1S/C16H28N2O5/c1-5-11-8-6-7-9-18(11)13(19)10-12(14(20)21)17-15(22)23-16(2,3)4/h11-12H,5-10H2,1-4H3,(H,17,22)(H,20,21). The van der Waals surface area contributed by atoms with E-state index in [1.807, 2.05) is 6.92 Å². The number of nitrogens with one attached hydrogen (secondary N) is 1. The maximum absolute atomic E-state index is 12.4. The molecule has 2 N–H and O–H groups in total. The lowest BCUT2D eigenvalue weighted by Crippen LogP contribution is -2.49. The number of ether oxygens (including phenoxy) is 1. The number of hydrogen-bond donors (Lipinski definition) is 2. The molecule has 0 radical (unpaired) electrons. The van der Waals surface area contributed by atoms with E-state index in [1.165, 1.54) is 0 Å². The Bertz CT molecular complexity index is 444. The highest BCUT2D eigenvalue weighted by Gasteiger charge is 2.31. The van der Waals surface area contributed by atoms with Crippen molar-refractivity contribution in [1.29, 1.82) is 0 Å². The van der Waals surface area contributed by atoms with E-state index >= 15 is 0 Å². The number of alkyl carbamates (subject to hydrolysis) is 1. The zero-order valence-corrected chi connectivity index (χ0v) is 14.4. The first kappa shape index (κ1) is 19.3. The Balaban J connectivity index is 2.66. The summed E-state index contributed by atoms with van der Waals surface area (Å²) in [7, 11) is 0. The topological polar surface area (TPSA) is 95.9 Å². The van der Waals surface area contributed by atoms with Gasteiger partial charge in [0, 0.05) is 12.6 Å². The molecule has 2 amide bonds. The molecule has 0 aliphatic carbocycles. The Morgan fingerprint density at radius 3 is 2.48 bits per heavy atom. The molecule has 1 fully saturated rings. The number of likely N-dealkylation sites (tertiary alicyclic amines) is 1. The average molecular weight is 328 g/mol. The van der Waals surface area contributed by atoms with Crippen molar-refractivity contribution in [3.05, 3.63) is 0 Å². The minimum Gasteiger partial charge on any atom is -0.480 e. The summed E-state index contributed by atoms with van der Waals surface area (Å²) in [6.07, 6.45) is 2.72. The SMILES string of the molecule is CCC1CCCCN1C(=O)CC(NC(=O)OC(C)(C)C)C(=O)O. The van der Waals surface area contributed by atoms with Crippen molar-refractivity contribution in [3.63, 3.8) is 0 Å². The van der Waals surface area contributed by atoms with Gasteiger partial charge < -0.3 is 20.1 Å². The van der Waals surface area contributed by atoms with Gasteiger partial charge in [-0.15, -0.1) is 0 Å². The third-order valence-electron chi connectivity index (χ3n) is 3.79. The molecule has 1 heterocycles. The first-order valence-corrected chi connectivity index (χ1v) is 8.16. The van der Waals surface area contributed by atoms with E-state index in [9.17, 15) is 19.5 Å². The van der Waals surface area contributed by atoms with Crippen molar-refractivity contribution in [3.8, 4) is 0 Å². The second-order valence-corrected chi connectivity index (χ2v) is 6.89. The molecule has 132 valence electrons. The van der Waals surface area contributed by atoms with E-state index in [4.69, 9.17) is 4.74 Å². The van der Waals surface area contributed by atoms with Gasteiger partial charge in [0.1, 0.15) is 11.6 Å². The molecule has 7 heteroatoms. The number of carboxylic acid groups (broad SMARTS) is 1. The number of carboxylic acids is 1. The lowest BCUT2D eigenvalue weighted by molar-refractivity contribution is -0.144. The Morgan fingerprint density at radius 2 is 1.96 bits per heavy atom. The molecule has 0 spiro atoms. The molecular weight excluding hydrogens is 300 g/mol. The monoisotopic (exact) mass is 328 g/mol. The maximum atomic E-state index is 12.4. The van der Waals surface area contributed by atoms with Crippen molar-refractivity contribution >= 4 is 18.0 Å². The van der Waals surface area contributed by atoms with Crippen molar-refractivity contribution in [2.45, 2.75) is 77.5 Å². The van der Waals surface area contributed by atoms with Crippen LogP contribution in [0.25, 0.3) is 0 Å². The summed E-state index contributed by atoms with van der Waals surface area (Å²) in [4.78, 5) is 37.2. The molecule has 1 aliphatic heterocycles. The van der Waals surface area contributed by atoms with Crippen LogP contribution in [0.4, 0.5) is 4.79 Å². The third kappa shape index (κ3) is 6.46. The van der Waals surface area contributed by atoms with Gasteiger partial charge in [0.05, 0.1) is 6.42 Å². The Labute approximate surface area is 137 Å². The molecule has 1 saturated heterocycles. The van der Waals surface area contributed by atoms with Gasteiger partial charge in [-0.1, -0.05) is 6.92 Å². The number of aliphatic carboxylic acids is 1. The van der Waals surface area contributed by atoms with Crippen LogP contribution in [0.15, 0.2) is 0 Å². The smallest absolute Gasteiger partial charge is 0.408 e. The molecule has 0 aromatic carbocycles. The van der Waals surface area contributed by atoms with Crippen LogP contribution in [-0.4, -0.2) is 52.2 Å². The van der Waals surface area contributed by atoms with Gasteiger partial charge in [-0.2, -0.15) is 0 Å². The van der Waals surface area contributed by atoms with E-state index in [1.54, 1.807) is 25.7 Å². The number of carbonyl (C=O) groups is 3. The summed E-state index contributed by atoms with van der Waals surface area (Å²) in [5.74, 6) is -1.48. The quantitative estimate of drug-likeness (QED) is 0.806. The highest BCUT2D eigenvalue weighted by atomic mass is 16.6. The van der Waals surface area contributed by atoms with Crippen LogP contribution in [0.3, 0.4) is 0 Å². The Hall–Kier alpha value is -1.79. The molecular formula is C16H28N2O5. The van der Waals surface area contributed by atoms with Gasteiger partial charge in [-0.05, 0) is 46.5 Å². The molecule has 0 saturated carbocycles. The van der Waals surface area contributed by atoms with Crippen LogP contribution in [0.2, 0.25) is 0 Å². The maximum Gasteiger partial charge on any atom is 0.408 e. The van der Waals surface area contributed by atoms with E-state index in [0.717, 1.165) is 25.7 Å². The van der Waals surface area contributed by atoms with E-state index in [-0.39, 0.29) is 18.4 Å². The van der Waals surface area contributed by atoms with Crippen molar-refractivity contribution in [2.24, 2.45) is 0 Å². The summed E-state index contributed by atoms with van der Waals surface area (Å²) in [6.45, 7) is 7.73. The van der Waals surface area contributed by atoms with Gasteiger partial charge >= 0.3 is 12.1 Å². The first-order chi connectivity index (χ1) is 10.6. The molecule has 0 aromatic heterocycles. The second-order valence-electron chi connectivity index (χ2n) is 6.89. The molecule has 1 rings (SSSR count). The van der Waals surface area contributed by atoms with Crippen LogP contribution in [0, 0.1) is 0 Å². The lowest BCUT2D eigenvalue weighted by Gasteiger charge is -2.36. The number of piperidine rings is 1. The van der Waals surface area contributed by atoms with Gasteiger partial charge in [-0.25, -0.2) is 9.59 Å². The van der Waals surface area contributed by atoms with Crippen molar-refractivity contribution in [2.75, 3.05) is 6.54 Å². The van der Waals surface area contributed by atoms with Gasteiger partial charge in [0.25, 0.3) is 0 Å². The number of hydrogen-bond acceptors (Lipinski definition) is 4. The van der Waals surface area contributed by atoms with Crippen LogP contribution in [0.5, 0.6) is 0 Å². The summed E-state index contributed by atoms with van der Waals surface area (Å²) >= 11 is 0. The fourth-order valence-corrected chi connectivity index (χ4v) is 2.70. The predicted molar refractivity (Wildman–Crippen MR) is 85.1 cm³/mol. The largest absolute Gasteiger partial charge is 0.480 e. The zero-order chi connectivity index (χ0) is 17.6. The Morgan fingerprint density at radius 1 is 1.30 bits per heavy atom. The lowest BCUT2D eigenvalue weighted by atomic mass is 9.99. The minimum atomic E-state index is -1.28. The number of carbonyl (C=O) groups excluding carboxylic acids is 2. The molecule has 2 atom stereocenters. The van der Waals surface area contributed by atoms with Crippen molar-refractivity contribution in [1.82, 2.24) is 10.2 Å². The average Bonchev–Trinajstić information content (AvgIpc) is 2.44. The van der Waals surface area contributed by atoms with Crippen LogP contribution < -0.4 is 5.32 Å². The van der Waals surface area contributed by atoms with E-state index < -0.39 is 23.7 Å². The molecule has 0 bridgehead atoms. The normalized spacial score (nSPS) is 19.8. The second kappa shape index (κ2) is 8.17. The molecule has 1 aliphatic rings. The Kier molecular flexibility index (Phi) is 6.84. The fraction of sp³-hybridized carbons (Fsp3) is 0.812.